The molecule has 0 aliphatic rings. The molecule has 1 atom stereocenters. The van der Waals surface area contributed by atoms with Crippen LogP contribution in [0.15, 0.2) is 30.5 Å². The van der Waals surface area contributed by atoms with Crippen LogP contribution >= 0.6 is 0 Å². The lowest BCUT2D eigenvalue weighted by Gasteiger charge is -2.21. The smallest absolute Gasteiger partial charge is 0.128 e. The lowest BCUT2D eigenvalue weighted by molar-refractivity contribution is 0.546. The van der Waals surface area contributed by atoms with Crippen LogP contribution in [0.3, 0.4) is 0 Å². The average molecular weight is 273 g/mol. The molecule has 3 N–H and O–H groups in total. The maximum absolute atomic E-state index is 14.3. The topological polar surface area (TPSA) is 50.9 Å². The number of hydrogen-bond donors (Lipinski definition) is 2. The zero-order chi connectivity index (χ0) is 14.7. The summed E-state index contributed by atoms with van der Waals surface area (Å²) in [6.07, 6.45) is 2.54. The predicted octanol–water partition coefficient (Wildman–Crippen LogP) is 2.95. The van der Waals surface area contributed by atoms with E-state index in [0.717, 1.165) is 28.8 Å². The standard InChI is InChI=1S/C16H20FN3/c1-4-12-6-5-7-19-15(12)16(20-18)14-11(3)8-10(2)9-13(14)17/h5-9,16,20H,4,18H2,1-3H3. The van der Waals surface area contributed by atoms with Crippen molar-refractivity contribution in [3.8, 4) is 0 Å². The predicted molar refractivity (Wildman–Crippen MR) is 78.7 cm³/mol. The van der Waals surface area contributed by atoms with Gasteiger partial charge in [-0.15, -0.1) is 0 Å². The summed E-state index contributed by atoms with van der Waals surface area (Å²) in [5.74, 6) is 5.43. The largest absolute Gasteiger partial charge is 0.271 e. The molecule has 20 heavy (non-hydrogen) atoms. The molecule has 0 saturated heterocycles. The molecule has 0 aliphatic heterocycles. The van der Waals surface area contributed by atoms with Crippen molar-refractivity contribution in [2.45, 2.75) is 33.2 Å². The molecular formula is C16H20FN3. The number of benzene rings is 1. The van der Waals surface area contributed by atoms with Gasteiger partial charge in [-0.3, -0.25) is 10.8 Å². The molecule has 0 saturated carbocycles. The molecule has 0 aliphatic carbocycles. The fourth-order valence-electron chi connectivity index (χ4n) is 2.60. The Bertz CT molecular complexity index is 587. The number of hydrogen-bond acceptors (Lipinski definition) is 3. The summed E-state index contributed by atoms with van der Waals surface area (Å²) in [5.41, 5.74) is 6.89. The Morgan fingerprint density at radius 2 is 2.10 bits per heavy atom. The highest BCUT2D eigenvalue weighted by atomic mass is 19.1. The number of halogens is 1. The number of nitrogens with one attached hydrogen (secondary N) is 1. The first-order valence-electron chi connectivity index (χ1n) is 6.75. The molecule has 0 fully saturated rings. The molecule has 1 unspecified atom stereocenters. The van der Waals surface area contributed by atoms with Crippen LogP contribution in [0.5, 0.6) is 0 Å². The van der Waals surface area contributed by atoms with Gasteiger partial charge in [-0.2, -0.15) is 0 Å². The van der Waals surface area contributed by atoms with Crippen LogP contribution < -0.4 is 11.3 Å². The minimum Gasteiger partial charge on any atom is -0.271 e. The summed E-state index contributed by atoms with van der Waals surface area (Å²) in [6.45, 7) is 5.82. The van der Waals surface area contributed by atoms with Gasteiger partial charge in [-0.25, -0.2) is 9.82 Å². The van der Waals surface area contributed by atoms with Crippen LogP contribution in [-0.4, -0.2) is 4.98 Å². The van der Waals surface area contributed by atoms with Gasteiger partial charge in [0, 0.05) is 11.8 Å². The highest BCUT2D eigenvalue weighted by Gasteiger charge is 2.22. The minimum atomic E-state index is -0.438. The highest BCUT2D eigenvalue weighted by Crippen LogP contribution is 2.28. The fraction of sp³-hybridized carbons (Fsp3) is 0.312. The molecule has 0 radical (unpaired) electrons. The van der Waals surface area contributed by atoms with Gasteiger partial charge in [-0.05, 0) is 49.1 Å². The van der Waals surface area contributed by atoms with E-state index < -0.39 is 6.04 Å². The maximum Gasteiger partial charge on any atom is 0.128 e. The number of nitrogens with two attached hydrogens (primary N) is 1. The van der Waals surface area contributed by atoms with Crippen molar-refractivity contribution in [2.24, 2.45) is 5.84 Å². The van der Waals surface area contributed by atoms with Gasteiger partial charge in [0.25, 0.3) is 0 Å². The van der Waals surface area contributed by atoms with Crippen molar-refractivity contribution in [2.75, 3.05) is 0 Å². The molecule has 1 heterocycles. The van der Waals surface area contributed by atoms with Crippen molar-refractivity contribution in [3.05, 3.63) is 64.2 Å². The van der Waals surface area contributed by atoms with Gasteiger partial charge in [0.1, 0.15) is 5.82 Å². The first kappa shape index (κ1) is 14.6. The quantitative estimate of drug-likeness (QED) is 0.665. The minimum absolute atomic E-state index is 0.252. The highest BCUT2D eigenvalue weighted by molar-refractivity contribution is 5.40. The van der Waals surface area contributed by atoms with Crippen molar-refractivity contribution in [3.63, 3.8) is 0 Å². The van der Waals surface area contributed by atoms with E-state index >= 15 is 0 Å². The van der Waals surface area contributed by atoms with E-state index in [4.69, 9.17) is 5.84 Å². The van der Waals surface area contributed by atoms with Crippen LogP contribution in [-0.2, 0) is 6.42 Å². The maximum atomic E-state index is 14.3. The van der Waals surface area contributed by atoms with Gasteiger partial charge in [-0.1, -0.05) is 19.1 Å². The van der Waals surface area contributed by atoms with Gasteiger partial charge in [0.15, 0.2) is 0 Å². The van der Waals surface area contributed by atoms with Crippen LogP contribution in [0, 0.1) is 19.7 Å². The Kier molecular flexibility index (Phi) is 4.47. The second kappa shape index (κ2) is 6.11. The third kappa shape index (κ3) is 2.71. The number of hydrazine groups is 1. The van der Waals surface area contributed by atoms with Gasteiger partial charge in [0.2, 0.25) is 0 Å². The third-order valence-corrected chi connectivity index (χ3v) is 3.52. The molecule has 1 aromatic heterocycles. The second-order valence-electron chi connectivity index (χ2n) is 4.98. The normalized spacial score (nSPS) is 12.4. The number of rotatable bonds is 4. The van der Waals surface area contributed by atoms with Crippen molar-refractivity contribution in [1.29, 1.82) is 0 Å². The summed E-state index contributed by atoms with van der Waals surface area (Å²) in [4.78, 5) is 4.39. The van der Waals surface area contributed by atoms with E-state index in [0.29, 0.717) is 5.56 Å². The SMILES string of the molecule is CCc1cccnc1C(NN)c1c(C)cc(C)cc1F. The molecule has 2 aromatic rings. The zero-order valence-corrected chi connectivity index (χ0v) is 12.1. The van der Waals surface area contributed by atoms with Crippen molar-refractivity contribution < 1.29 is 4.39 Å². The Hall–Kier alpha value is -1.78. The summed E-state index contributed by atoms with van der Waals surface area (Å²) in [6, 6.07) is 6.92. The monoisotopic (exact) mass is 273 g/mol. The number of pyridine rings is 1. The Labute approximate surface area is 119 Å². The molecule has 106 valence electrons. The molecular weight excluding hydrogens is 253 g/mol. The van der Waals surface area contributed by atoms with E-state index in [-0.39, 0.29) is 5.82 Å². The molecule has 0 spiro atoms. The average Bonchev–Trinajstić information content (AvgIpc) is 2.42. The Balaban J connectivity index is 2.59. The number of nitrogens with zero attached hydrogens (tertiary/aromatic N) is 1. The molecule has 0 bridgehead atoms. The lowest BCUT2D eigenvalue weighted by Crippen LogP contribution is -2.31. The molecule has 4 heteroatoms. The summed E-state index contributed by atoms with van der Waals surface area (Å²) in [5, 5.41) is 0. The van der Waals surface area contributed by atoms with Crippen LogP contribution in [0.4, 0.5) is 4.39 Å². The Morgan fingerprint density at radius 3 is 2.70 bits per heavy atom. The second-order valence-corrected chi connectivity index (χ2v) is 4.98. The molecule has 2 rings (SSSR count). The van der Waals surface area contributed by atoms with E-state index in [1.807, 2.05) is 39.0 Å². The van der Waals surface area contributed by atoms with E-state index in [1.165, 1.54) is 6.07 Å². The van der Waals surface area contributed by atoms with Crippen LogP contribution in [0.2, 0.25) is 0 Å². The summed E-state index contributed by atoms with van der Waals surface area (Å²) in [7, 11) is 0. The van der Waals surface area contributed by atoms with Crippen LogP contribution in [0.25, 0.3) is 0 Å². The zero-order valence-electron chi connectivity index (χ0n) is 12.1. The summed E-state index contributed by atoms with van der Waals surface area (Å²) < 4.78 is 14.3. The first-order valence-corrected chi connectivity index (χ1v) is 6.75. The van der Waals surface area contributed by atoms with E-state index in [2.05, 4.69) is 10.4 Å². The summed E-state index contributed by atoms with van der Waals surface area (Å²) >= 11 is 0. The van der Waals surface area contributed by atoms with Crippen molar-refractivity contribution >= 4 is 0 Å². The van der Waals surface area contributed by atoms with Crippen LogP contribution in [0.1, 0.15) is 40.9 Å². The lowest BCUT2D eigenvalue weighted by atomic mass is 9.93. The van der Waals surface area contributed by atoms with Gasteiger partial charge < -0.3 is 0 Å². The number of aryl methyl sites for hydroxylation is 3. The number of aromatic nitrogens is 1. The molecule has 0 amide bonds. The van der Waals surface area contributed by atoms with E-state index in [9.17, 15) is 4.39 Å². The third-order valence-electron chi connectivity index (χ3n) is 3.52. The van der Waals surface area contributed by atoms with Crippen molar-refractivity contribution in [1.82, 2.24) is 10.4 Å². The molecule has 3 nitrogen and oxygen atoms in total. The first-order chi connectivity index (χ1) is 9.58. The van der Waals surface area contributed by atoms with E-state index in [1.54, 1.807) is 6.20 Å². The molecule has 1 aromatic carbocycles. The van der Waals surface area contributed by atoms with Gasteiger partial charge in [0.05, 0.1) is 11.7 Å². The van der Waals surface area contributed by atoms with Gasteiger partial charge >= 0.3 is 0 Å². The fourth-order valence-corrected chi connectivity index (χ4v) is 2.60. The Morgan fingerprint density at radius 1 is 1.35 bits per heavy atom.